The first-order valence-corrected chi connectivity index (χ1v) is 5.23. The van der Waals surface area contributed by atoms with Gasteiger partial charge in [0, 0.05) is 5.54 Å². The predicted octanol–water partition coefficient (Wildman–Crippen LogP) is 1.39. The first-order valence-electron chi connectivity index (χ1n) is 5.23. The second-order valence-corrected chi connectivity index (χ2v) is 4.28. The fourth-order valence-electron chi connectivity index (χ4n) is 2.82. The van der Waals surface area contributed by atoms with Crippen LogP contribution in [0.4, 0.5) is 0 Å². The lowest BCUT2D eigenvalue weighted by Crippen LogP contribution is -2.46. The second-order valence-electron chi connectivity index (χ2n) is 4.28. The van der Waals surface area contributed by atoms with Gasteiger partial charge in [-0.2, -0.15) is 0 Å². The minimum absolute atomic E-state index is 0.205. The van der Waals surface area contributed by atoms with Gasteiger partial charge in [0.15, 0.2) is 0 Å². The maximum absolute atomic E-state index is 9.44. The molecule has 0 unspecified atom stereocenters. The lowest BCUT2D eigenvalue weighted by molar-refractivity contribution is 0.0646. The quantitative estimate of drug-likeness (QED) is 0.641. The molecule has 0 spiro atoms. The lowest BCUT2D eigenvalue weighted by Gasteiger charge is -2.35. The van der Waals surface area contributed by atoms with Crippen molar-refractivity contribution in [2.45, 2.75) is 44.1 Å². The van der Waals surface area contributed by atoms with E-state index in [1.807, 2.05) is 0 Å². The minimum Gasteiger partial charge on any atom is -0.394 e. The molecule has 1 atom stereocenters. The highest BCUT2D eigenvalue weighted by molar-refractivity contribution is 4.96. The SMILES string of the molecule is OC[C@]12CCCCCN1CCC2. The largest absolute Gasteiger partial charge is 0.394 e. The van der Waals surface area contributed by atoms with Crippen molar-refractivity contribution in [1.82, 2.24) is 4.90 Å². The number of nitrogens with zero attached hydrogens (tertiary/aromatic N) is 1. The average Bonchev–Trinajstić information content (AvgIpc) is 2.40. The molecule has 2 rings (SSSR count). The zero-order chi connectivity index (χ0) is 8.44. The highest BCUT2D eigenvalue weighted by Crippen LogP contribution is 2.35. The summed E-state index contributed by atoms with van der Waals surface area (Å²) in [6.07, 6.45) is 7.75. The van der Waals surface area contributed by atoms with Crippen molar-refractivity contribution in [3.05, 3.63) is 0 Å². The van der Waals surface area contributed by atoms with Gasteiger partial charge < -0.3 is 5.11 Å². The van der Waals surface area contributed by atoms with E-state index in [2.05, 4.69) is 4.90 Å². The normalized spacial score (nSPS) is 37.8. The summed E-state index contributed by atoms with van der Waals surface area (Å²) in [5.41, 5.74) is 0.205. The topological polar surface area (TPSA) is 23.5 Å². The Morgan fingerprint density at radius 2 is 1.75 bits per heavy atom. The van der Waals surface area contributed by atoms with Crippen LogP contribution >= 0.6 is 0 Å². The van der Waals surface area contributed by atoms with Crippen LogP contribution in [0.25, 0.3) is 0 Å². The standard InChI is InChI=1S/C10H19NO/c12-9-10-5-2-1-3-7-11(10)8-4-6-10/h12H,1-9H2/t10-/m1/s1. The lowest BCUT2D eigenvalue weighted by atomic mass is 9.92. The van der Waals surface area contributed by atoms with Gasteiger partial charge in [-0.15, -0.1) is 0 Å². The first kappa shape index (κ1) is 8.52. The van der Waals surface area contributed by atoms with E-state index < -0.39 is 0 Å². The molecular formula is C10H19NO. The van der Waals surface area contributed by atoms with Crippen molar-refractivity contribution in [2.75, 3.05) is 19.7 Å². The molecule has 2 nitrogen and oxygen atoms in total. The number of rotatable bonds is 1. The van der Waals surface area contributed by atoms with Crippen LogP contribution in [-0.2, 0) is 0 Å². The molecule has 0 aromatic rings. The molecule has 2 aliphatic rings. The van der Waals surface area contributed by atoms with E-state index in [9.17, 15) is 5.11 Å². The van der Waals surface area contributed by atoms with Gasteiger partial charge in [0.05, 0.1) is 6.61 Å². The first-order chi connectivity index (χ1) is 5.87. The molecule has 12 heavy (non-hydrogen) atoms. The van der Waals surface area contributed by atoms with E-state index in [1.54, 1.807) is 0 Å². The summed E-state index contributed by atoms with van der Waals surface area (Å²) in [6.45, 7) is 2.83. The number of aliphatic hydroxyl groups is 1. The average molecular weight is 169 g/mol. The predicted molar refractivity (Wildman–Crippen MR) is 49.1 cm³/mol. The Morgan fingerprint density at radius 3 is 2.58 bits per heavy atom. The molecule has 0 saturated carbocycles. The second kappa shape index (κ2) is 3.35. The van der Waals surface area contributed by atoms with Crippen molar-refractivity contribution in [3.8, 4) is 0 Å². The molecule has 2 aliphatic heterocycles. The van der Waals surface area contributed by atoms with E-state index in [1.165, 1.54) is 51.6 Å². The summed E-state index contributed by atoms with van der Waals surface area (Å²) in [7, 11) is 0. The number of hydrogen-bond acceptors (Lipinski definition) is 2. The molecule has 0 aromatic heterocycles. The molecule has 2 heterocycles. The Labute approximate surface area is 74.6 Å². The highest BCUT2D eigenvalue weighted by Gasteiger charge is 2.40. The van der Waals surface area contributed by atoms with Crippen molar-refractivity contribution < 1.29 is 5.11 Å². The minimum atomic E-state index is 0.205. The maximum Gasteiger partial charge on any atom is 0.0615 e. The van der Waals surface area contributed by atoms with E-state index in [4.69, 9.17) is 0 Å². The molecule has 0 aliphatic carbocycles. The summed E-state index contributed by atoms with van der Waals surface area (Å²) in [5.74, 6) is 0. The molecular weight excluding hydrogens is 150 g/mol. The maximum atomic E-state index is 9.44. The van der Waals surface area contributed by atoms with Crippen LogP contribution in [0.3, 0.4) is 0 Å². The fraction of sp³-hybridized carbons (Fsp3) is 1.00. The summed E-state index contributed by atoms with van der Waals surface area (Å²) in [4.78, 5) is 2.53. The zero-order valence-electron chi connectivity index (χ0n) is 7.76. The molecule has 2 fully saturated rings. The summed E-state index contributed by atoms with van der Waals surface area (Å²) >= 11 is 0. The Balaban J connectivity index is 2.11. The van der Waals surface area contributed by atoms with Crippen molar-refractivity contribution in [3.63, 3.8) is 0 Å². The number of hydrogen-bond donors (Lipinski definition) is 1. The Morgan fingerprint density at radius 1 is 1.00 bits per heavy atom. The van der Waals surface area contributed by atoms with Gasteiger partial charge in [0.1, 0.15) is 0 Å². The fourth-order valence-corrected chi connectivity index (χ4v) is 2.82. The summed E-state index contributed by atoms with van der Waals surface area (Å²) < 4.78 is 0. The van der Waals surface area contributed by atoms with Crippen LogP contribution in [0.2, 0.25) is 0 Å². The Kier molecular flexibility index (Phi) is 2.37. The molecule has 0 amide bonds. The van der Waals surface area contributed by atoms with Crippen molar-refractivity contribution in [2.24, 2.45) is 0 Å². The van der Waals surface area contributed by atoms with Gasteiger partial charge in [-0.25, -0.2) is 0 Å². The molecule has 1 N–H and O–H groups in total. The molecule has 0 radical (unpaired) electrons. The van der Waals surface area contributed by atoms with E-state index >= 15 is 0 Å². The van der Waals surface area contributed by atoms with Gasteiger partial charge in [0.2, 0.25) is 0 Å². The van der Waals surface area contributed by atoms with Gasteiger partial charge in [-0.1, -0.05) is 12.8 Å². The van der Waals surface area contributed by atoms with Crippen LogP contribution in [0.5, 0.6) is 0 Å². The number of aliphatic hydroxyl groups excluding tert-OH is 1. The van der Waals surface area contributed by atoms with Crippen LogP contribution in [0, 0.1) is 0 Å². The molecule has 2 saturated heterocycles. The molecule has 2 heteroatoms. The van der Waals surface area contributed by atoms with E-state index in [0.717, 1.165) is 0 Å². The van der Waals surface area contributed by atoms with Gasteiger partial charge in [-0.05, 0) is 38.8 Å². The van der Waals surface area contributed by atoms with Gasteiger partial charge in [0.25, 0.3) is 0 Å². The van der Waals surface area contributed by atoms with Crippen LogP contribution < -0.4 is 0 Å². The molecule has 70 valence electrons. The van der Waals surface area contributed by atoms with E-state index in [0.29, 0.717) is 6.61 Å². The van der Waals surface area contributed by atoms with E-state index in [-0.39, 0.29) is 5.54 Å². The third kappa shape index (κ3) is 1.27. The Hall–Kier alpha value is -0.0800. The zero-order valence-corrected chi connectivity index (χ0v) is 7.76. The summed E-state index contributed by atoms with van der Waals surface area (Å²) in [5, 5.41) is 9.44. The third-order valence-electron chi connectivity index (χ3n) is 3.61. The van der Waals surface area contributed by atoms with Gasteiger partial charge >= 0.3 is 0 Å². The smallest absolute Gasteiger partial charge is 0.0615 e. The number of fused-ring (bicyclic) bond motifs is 1. The summed E-state index contributed by atoms with van der Waals surface area (Å²) in [6, 6.07) is 0. The van der Waals surface area contributed by atoms with Gasteiger partial charge in [-0.3, -0.25) is 4.90 Å². The van der Waals surface area contributed by atoms with Crippen LogP contribution in [-0.4, -0.2) is 35.2 Å². The highest BCUT2D eigenvalue weighted by atomic mass is 16.3. The monoisotopic (exact) mass is 169 g/mol. The molecule has 0 aromatic carbocycles. The van der Waals surface area contributed by atoms with Crippen LogP contribution in [0.1, 0.15) is 38.5 Å². The third-order valence-corrected chi connectivity index (χ3v) is 3.61. The van der Waals surface area contributed by atoms with Crippen LogP contribution in [0.15, 0.2) is 0 Å². The van der Waals surface area contributed by atoms with Crippen molar-refractivity contribution in [1.29, 1.82) is 0 Å². The Bertz CT molecular complexity index is 160. The molecule has 0 bridgehead atoms. The van der Waals surface area contributed by atoms with Crippen molar-refractivity contribution >= 4 is 0 Å².